The van der Waals surface area contributed by atoms with Crippen LogP contribution in [0.15, 0.2) is 35.3 Å². The number of aromatic nitrogens is 2. The third kappa shape index (κ3) is 4.77. The lowest BCUT2D eigenvalue weighted by Crippen LogP contribution is -2.18. The van der Waals surface area contributed by atoms with E-state index in [1.165, 1.54) is 13.1 Å². The standard InChI is InChI=1S/C16H16N2O5/c1-10(19)11-3-2-4-13(7-11)23-9-14-17-8-12(16(22)18-14)5-6-15(20)21/h2-4,7-8H,5-6,9H2,1H3,(H,20,21)(H,17,18,22). The molecule has 0 saturated heterocycles. The van der Waals surface area contributed by atoms with Crippen LogP contribution in [-0.4, -0.2) is 26.8 Å². The molecule has 120 valence electrons. The third-order valence-electron chi connectivity index (χ3n) is 3.15. The van der Waals surface area contributed by atoms with Gasteiger partial charge in [0.05, 0.1) is 0 Å². The summed E-state index contributed by atoms with van der Waals surface area (Å²) in [6, 6.07) is 6.71. The molecule has 2 N–H and O–H groups in total. The molecule has 7 heteroatoms. The Bertz CT molecular complexity index is 782. The van der Waals surface area contributed by atoms with Crippen LogP contribution in [-0.2, 0) is 17.8 Å². The number of aliphatic carboxylic acids is 1. The molecule has 0 radical (unpaired) electrons. The first-order valence-corrected chi connectivity index (χ1v) is 6.98. The molecule has 0 unspecified atom stereocenters. The number of H-pyrrole nitrogens is 1. The molecule has 0 aliphatic carbocycles. The number of carbonyl (C=O) groups is 2. The molecular formula is C16H16N2O5. The molecule has 0 aliphatic rings. The SMILES string of the molecule is CC(=O)c1cccc(OCc2ncc(CCC(=O)O)c(=O)[nH]2)c1. The van der Waals surface area contributed by atoms with Gasteiger partial charge in [-0.3, -0.25) is 14.4 Å². The third-order valence-corrected chi connectivity index (χ3v) is 3.15. The maximum absolute atomic E-state index is 11.8. The summed E-state index contributed by atoms with van der Waals surface area (Å²) in [6.07, 6.45) is 1.35. The van der Waals surface area contributed by atoms with Gasteiger partial charge < -0.3 is 14.8 Å². The molecule has 2 aromatic rings. The van der Waals surface area contributed by atoms with Crippen LogP contribution in [0, 0.1) is 0 Å². The number of carbonyl (C=O) groups excluding carboxylic acids is 1. The molecule has 0 atom stereocenters. The summed E-state index contributed by atoms with van der Waals surface area (Å²) < 4.78 is 5.50. The number of ether oxygens (including phenoxy) is 1. The average Bonchev–Trinajstić information content (AvgIpc) is 2.52. The summed E-state index contributed by atoms with van der Waals surface area (Å²) >= 11 is 0. The predicted octanol–water partition coefficient (Wildman–Crippen LogP) is 1.57. The van der Waals surface area contributed by atoms with Crippen LogP contribution < -0.4 is 10.3 Å². The summed E-state index contributed by atoms with van der Waals surface area (Å²) in [5.41, 5.74) is 0.472. The Morgan fingerprint density at radius 2 is 2.13 bits per heavy atom. The largest absolute Gasteiger partial charge is 0.486 e. The highest BCUT2D eigenvalue weighted by Gasteiger charge is 2.07. The maximum atomic E-state index is 11.8. The van der Waals surface area contributed by atoms with E-state index in [1.807, 2.05) is 0 Å². The van der Waals surface area contributed by atoms with Crippen LogP contribution >= 0.6 is 0 Å². The van der Waals surface area contributed by atoms with E-state index in [1.54, 1.807) is 24.3 Å². The molecule has 0 fully saturated rings. The number of carboxylic acids is 1. The van der Waals surface area contributed by atoms with Gasteiger partial charge in [0, 0.05) is 23.7 Å². The lowest BCUT2D eigenvalue weighted by Gasteiger charge is -2.07. The summed E-state index contributed by atoms with van der Waals surface area (Å²) in [5, 5.41) is 8.62. The van der Waals surface area contributed by atoms with Gasteiger partial charge in [-0.05, 0) is 25.5 Å². The highest BCUT2D eigenvalue weighted by atomic mass is 16.5. The number of aromatic amines is 1. The zero-order valence-corrected chi connectivity index (χ0v) is 12.5. The topological polar surface area (TPSA) is 109 Å². The van der Waals surface area contributed by atoms with E-state index in [0.717, 1.165) is 0 Å². The van der Waals surface area contributed by atoms with Crippen LogP contribution in [0.5, 0.6) is 5.75 Å². The Labute approximate surface area is 132 Å². The number of nitrogens with zero attached hydrogens (tertiary/aromatic N) is 1. The van der Waals surface area contributed by atoms with E-state index >= 15 is 0 Å². The molecule has 2 rings (SSSR count). The molecular weight excluding hydrogens is 300 g/mol. The van der Waals surface area contributed by atoms with Crippen molar-refractivity contribution < 1.29 is 19.4 Å². The van der Waals surface area contributed by atoms with Crippen LogP contribution in [0.4, 0.5) is 0 Å². The number of hydrogen-bond acceptors (Lipinski definition) is 5. The number of rotatable bonds is 7. The zero-order chi connectivity index (χ0) is 16.8. The number of carboxylic acid groups (broad SMARTS) is 1. The molecule has 0 aliphatic heterocycles. The number of hydrogen-bond donors (Lipinski definition) is 2. The van der Waals surface area contributed by atoms with E-state index < -0.39 is 5.97 Å². The van der Waals surface area contributed by atoms with Crippen LogP contribution in [0.1, 0.15) is 35.1 Å². The van der Waals surface area contributed by atoms with E-state index in [4.69, 9.17) is 9.84 Å². The predicted molar refractivity (Wildman–Crippen MR) is 81.6 cm³/mol. The minimum atomic E-state index is -0.970. The molecule has 0 saturated carbocycles. The van der Waals surface area contributed by atoms with Crippen molar-refractivity contribution in [1.29, 1.82) is 0 Å². The van der Waals surface area contributed by atoms with Crippen molar-refractivity contribution in [1.82, 2.24) is 9.97 Å². The van der Waals surface area contributed by atoms with Gasteiger partial charge in [0.1, 0.15) is 18.2 Å². The fourth-order valence-corrected chi connectivity index (χ4v) is 1.91. The maximum Gasteiger partial charge on any atom is 0.303 e. The highest BCUT2D eigenvalue weighted by molar-refractivity contribution is 5.94. The Hall–Kier alpha value is -2.96. The summed E-state index contributed by atoms with van der Waals surface area (Å²) in [6.45, 7) is 1.50. The van der Waals surface area contributed by atoms with Gasteiger partial charge in [0.25, 0.3) is 5.56 Å². The first-order chi connectivity index (χ1) is 11.0. The second kappa shape index (κ2) is 7.35. The van der Waals surface area contributed by atoms with Crippen LogP contribution in [0.2, 0.25) is 0 Å². The van der Waals surface area contributed by atoms with E-state index in [-0.39, 0.29) is 30.8 Å². The second-order valence-corrected chi connectivity index (χ2v) is 4.95. The summed E-state index contributed by atoms with van der Waals surface area (Å²) in [4.78, 5) is 40.2. The summed E-state index contributed by atoms with van der Waals surface area (Å²) in [7, 11) is 0. The quantitative estimate of drug-likeness (QED) is 0.750. The van der Waals surface area contributed by atoms with Crippen molar-refractivity contribution in [2.75, 3.05) is 0 Å². The number of aryl methyl sites for hydroxylation is 1. The van der Waals surface area contributed by atoms with Gasteiger partial charge in [-0.2, -0.15) is 0 Å². The van der Waals surface area contributed by atoms with Gasteiger partial charge >= 0.3 is 5.97 Å². The molecule has 1 aromatic carbocycles. The molecule has 7 nitrogen and oxygen atoms in total. The van der Waals surface area contributed by atoms with Crippen molar-refractivity contribution >= 4 is 11.8 Å². The Kier molecular flexibility index (Phi) is 5.24. The van der Waals surface area contributed by atoms with Crippen LogP contribution in [0.3, 0.4) is 0 Å². The normalized spacial score (nSPS) is 10.3. The second-order valence-electron chi connectivity index (χ2n) is 4.95. The fraction of sp³-hybridized carbons (Fsp3) is 0.250. The number of benzene rings is 1. The number of Topliss-reactive ketones (excluding diaryl/α,β-unsaturated/α-hetero) is 1. The minimum Gasteiger partial charge on any atom is -0.486 e. The average molecular weight is 316 g/mol. The molecule has 0 amide bonds. The minimum absolute atomic E-state index is 0.0375. The van der Waals surface area contributed by atoms with E-state index in [0.29, 0.717) is 22.7 Å². The fourth-order valence-electron chi connectivity index (χ4n) is 1.91. The Morgan fingerprint density at radius 1 is 1.35 bits per heavy atom. The van der Waals surface area contributed by atoms with Gasteiger partial charge in [-0.15, -0.1) is 0 Å². The van der Waals surface area contributed by atoms with Gasteiger partial charge in [-0.1, -0.05) is 12.1 Å². The molecule has 23 heavy (non-hydrogen) atoms. The van der Waals surface area contributed by atoms with Crippen molar-refractivity contribution in [2.24, 2.45) is 0 Å². The highest BCUT2D eigenvalue weighted by Crippen LogP contribution is 2.14. The Morgan fingerprint density at radius 3 is 2.78 bits per heavy atom. The Balaban J connectivity index is 2.02. The zero-order valence-electron chi connectivity index (χ0n) is 12.5. The smallest absolute Gasteiger partial charge is 0.303 e. The first-order valence-electron chi connectivity index (χ1n) is 6.98. The molecule has 0 spiro atoms. The van der Waals surface area contributed by atoms with Crippen molar-refractivity contribution in [2.45, 2.75) is 26.4 Å². The molecule has 1 aromatic heterocycles. The van der Waals surface area contributed by atoms with Gasteiger partial charge in [-0.25, -0.2) is 4.98 Å². The monoisotopic (exact) mass is 316 g/mol. The number of ketones is 1. The van der Waals surface area contributed by atoms with E-state index in [2.05, 4.69) is 9.97 Å². The van der Waals surface area contributed by atoms with Gasteiger partial charge in [0.15, 0.2) is 5.78 Å². The summed E-state index contributed by atoms with van der Waals surface area (Å²) in [5.74, 6) is -0.218. The van der Waals surface area contributed by atoms with Crippen molar-refractivity contribution in [3.8, 4) is 5.75 Å². The van der Waals surface area contributed by atoms with Crippen LogP contribution in [0.25, 0.3) is 0 Å². The molecule has 0 bridgehead atoms. The lowest BCUT2D eigenvalue weighted by molar-refractivity contribution is -0.136. The number of nitrogens with one attached hydrogen (secondary N) is 1. The van der Waals surface area contributed by atoms with Crippen molar-refractivity contribution in [3.63, 3.8) is 0 Å². The van der Waals surface area contributed by atoms with Crippen molar-refractivity contribution in [3.05, 3.63) is 57.8 Å². The molecule has 1 heterocycles. The first kappa shape index (κ1) is 16.4. The van der Waals surface area contributed by atoms with E-state index in [9.17, 15) is 14.4 Å². The van der Waals surface area contributed by atoms with Gasteiger partial charge in [0.2, 0.25) is 0 Å². The lowest BCUT2D eigenvalue weighted by atomic mass is 10.1.